The van der Waals surface area contributed by atoms with Crippen molar-refractivity contribution in [1.29, 1.82) is 0 Å². The summed E-state index contributed by atoms with van der Waals surface area (Å²) in [6.07, 6.45) is -0.000171. The minimum absolute atomic E-state index is 0.000171. The maximum Gasteiger partial charge on any atom is 0.295 e. The van der Waals surface area contributed by atoms with Gasteiger partial charge in [0.1, 0.15) is 0 Å². The molecule has 0 spiro atoms. The van der Waals surface area contributed by atoms with E-state index in [9.17, 15) is 23.7 Å². The maximum absolute atomic E-state index is 13.6. The normalized spacial score (nSPS) is 10.5. The van der Waals surface area contributed by atoms with Crippen LogP contribution in [0.15, 0.2) is 12.1 Å². The number of halogens is 2. The van der Waals surface area contributed by atoms with Crippen LogP contribution in [0, 0.1) is 27.7 Å². The van der Waals surface area contributed by atoms with Crippen LogP contribution in [0.3, 0.4) is 0 Å². The van der Waals surface area contributed by atoms with Crippen LogP contribution in [-0.2, 0) is 4.79 Å². The molecule has 2 N–H and O–H groups in total. The van der Waals surface area contributed by atoms with E-state index in [1.54, 1.807) is 0 Å². The Labute approximate surface area is 120 Å². The van der Waals surface area contributed by atoms with E-state index in [-0.39, 0.29) is 18.9 Å². The summed E-state index contributed by atoms with van der Waals surface area (Å²) in [7, 11) is 0. The molecule has 0 unspecified atom stereocenters. The number of carbonyl (C=O) groups excluding carboxylic acids is 1. The molecule has 1 amide bonds. The molecule has 0 saturated carbocycles. The minimum atomic E-state index is -1.33. The molecule has 0 heterocycles. The predicted octanol–water partition coefficient (Wildman–Crippen LogP) is 2.45. The molecule has 0 aliphatic heterocycles. The van der Waals surface area contributed by atoms with Gasteiger partial charge in [-0.3, -0.25) is 14.9 Å². The van der Waals surface area contributed by atoms with E-state index in [1.807, 2.05) is 13.8 Å². The summed E-state index contributed by atoms with van der Waals surface area (Å²) < 4.78 is 26.7. The lowest BCUT2D eigenvalue weighted by Crippen LogP contribution is -2.28. The largest absolute Gasteiger partial charge is 0.376 e. The smallest absolute Gasteiger partial charge is 0.295 e. The van der Waals surface area contributed by atoms with Crippen LogP contribution in [-0.4, -0.2) is 23.9 Å². The summed E-state index contributed by atoms with van der Waals surface area (Å²) >= 11 is 0. The van der Waals surface area contributed by atoms with E-state index < -0.39 is 27.9 Å². The molecule has 116 valence electrons. The van der Waals surface area contributed by atoms with Gasteiger partial charge in [-0.2, -0.15) is 0 Å². The second-order valence-corrected chi connectivity index (χ2v) is 4.89. The van der Waals surface area contributed by atoms with Crippen molar-refractivity contribution >= 4 is 17.3 Å². The SMILES string of the molecule is CC(C)CNC(=O)CCNc1c([N+](=O)[O-])ccc(F)c1F. The Morgan fingerprint density at radius 3 is 2.62 bits per heavy atom. The van der Waals surface area contributed by atoms with E-state index in [4.69, 9.17) is 0 Å². The third-order valence-electron chi connectivity index (χ3n) is 2.63. The van der Waals surface area contributed by atoms with Crippen molar-refractivity contribution in [2.75, 3.05) is 18.4 Å². The first-order valence-electron chi connectivity index (χ1n) is 6.46. The third kappa shape index (κ3) is 4.97. The number of hydrogen-bond donors (Lipinski definition) is 2. The zero-order chi connectivity index (χ0) is 16.0. The number of nitrogens with one attached hydrogen (secondary N) is 2. The van der Waals surface area contributed by atoms with E-state index in [1.165, 1.54) is 0 Å². The molecule has 0 saturated heterocycles. The minimum Gasteiger partial charge on any atom is -0.376 e. The van der Waals surface area contributed by atoms with E-state index in [0.717, 1.165) is 6.07 Å². The number of rotatable bonds is 7. The van der Waals surface area contributed by atoms with Gasteiger partial charge in [-0.05, 0) is 12.0 Å². The second kappa shape index (κ2) is 7.51. The fourth-order valence-corrected chi connectivity index (χ4v) is 1.57. The van der Waals surface area contributed by atoms with Crippen molar-refractivity contribution in [3.63, 3.8) is 0 Å². The molecule has 1 rings (SSSR count). The van der Waals surface area contributed by atoms with Gasteiger partial charge in [-0.25, -0.2) is 8.78 Å². The lowest BCUT2D eigenvalue weighted by molar-refractivity contribution is -0.384. The summed E-state index contributed by atoms with van der Waals surface area (Å²) in [4.78, 5) is 21.4. The highest BCUT2D eigenvalue weighted by Crippen LogP contribution is 2.28. The summed E-state index contributed by atoms with van der Waals surface area (Å²) in [5.41, 5.74) is -1.12. The van der Waals surface area contributed by atoms with Gasteiger partial charge in [0, 0.05) is 25.6 Å². The lowest BCUT2D eigenvalue weighted by Gasteiger charge is -2.10. The van der Waals surface area contributed by atoms with Crippen LogP contribution in [0.2, 0.25) is 0 Å². The number of carbonyl (C=O) groups is 1. The van der Waals surface area contributed by atoms with Crippen LogP contribution in [0.5, 0.6) is 0 Å². The van der Waals surface area contributed by atoms with Crippen molar-refractivity contribution in [3.05, 3.63) is 33.9 Å². The summed E-state index contributed by atoms with van der Waals surface area (Å²) in [5.74, 6) is -2.49. The Kier molecular flexibility index (Phi) is 6.01. The average molecular weight is 301 g/mol. The van der Waals surface area contributed by atoms with Gasteiger partial charge in [0.05, 0.1) is 4.92 Å². The van der Waals surface area contributed by atoms with Gasteiger partial charge in [-0.1, -0.05) is 13.8 Å². The zero-order valence-electron chi connectivity index (χ0n) is 11.8. The average Bonchev–Trinajstić information content (AvgIpc) is 2.40. The van der Waals surface area contributed by atoms with Crippen LogP contribution < -0.4 is 10.6 Å². The number of benzene rings is 1. The summed E-state index contributed by atoms with van der Waals surface area (Å²) in [6.45, 7) is 4.34. The Hall–Kier alpha value is -2.25. The topological polar surface area (TPSA) is 84.3 Å². The van der Waals surface area contributed by atoms with Gasteiger partial charge in [0.2, 0.25) is 5.91 Å². The van der Waals surface area contributed by atoms with Gasteiger partial charge in [0.15, 0.2) is 17.3 Å². The molecule has 8 heteroatoms. The molecule has 0 atom stereocenters. The highest BCUT2D eigenvalue weighted by Gasteiger charge is 2.21. The first-order valence-corrected chi connectivity index (χ1v) is 6.46. The van der Waals surface area contributed by atoms with Crippen LogP contribution in [0.1, 0.15) is 20.3 Å². The predicted molar refractivity (Wildman–Crippen MR) is 74.0 cm³/mol. The molecular formula is C13H17F2N3O3. The lowest BCUT2D eigenvalue weighted by atomic mass is 10.2. The van der Waals surface area contributed by atoms with Crippen molar-refractivity contribution in [3.8, 4) is 0 Å². The molecule has 1 aromatic rings. The molecule has 0 bridgehead atoms. The highest BCUT2D eigenvalue weighted by atomic mass is 19.2. The van der Waals surface area contributed by atoms with Crippen molar-refractivity contribution in [1.82, 2.24) is 5.32 Å². The Bertz CT molecular complexity index is 536. The first-order chi connectivity index (χ1) is 9.82. The highest BCUT2D eigenvalue weighted by molar-refractivity contribution is 5.76. The molecule has 21 heavy (non-hydrogen) atoms. The van der Waals surface area contributed by atoms with Gasteiger partial charge < -0.3 is 10.6 Å². The molecule has 0 radical (unpaired) electrons. The summed E-state index contributed by atoms with van der Waals surface area (Å²) in [6, 6.07) is 1.56. The number of nitro benzene ring substituents is 1. The number of nitro groups is 1. The number of anilines is 1. The van der Waals surface area contributed by atoms with E-state index >= 15 is 0 Å². The third-order valence-corrected chi connectivity index (χ3v) is 2.63. The Balaban J connectivity index is 2.65. The second-order valence-electron chi connectivity index (χ2n) is 4.89. The van der Waals surface area contributed by atoms with Crippen LogP contribution >= 0.6 is 0 Å². The zero-order valence-corrected chi connectivity index (χ0v) is 11.8. The number of hydrogen-bond acceptors (Lipinski definition) is 4. The van der Waals surface area contributed by atoms with Gasteiger partial charge in [0.25, 0.3) is 5.69 Å². The monoisotopic (exact) mass is 301 g/mol. The molecule has 0 aromatic heterocycles. The molecule has 0 aliphatic carbocycles. The van der Waals surface area contributed by atoms with E-state index in [0.29, 0.717) is 18.5 Å². The molecule has 0 fully saturated rings. The van der Waals surface area contributed by atoms with E-state index in [2.05, 4.69) is 10.6 Å². The van der Waals surface area contributed by atoms with Crippen molar-refractivity contribution in [2.45, 2.75) is 20.3 Å². The maximum atomic E-state index is 13.6. The Morgan fingerprint density at radius 2 is 2.05 bits per heavy atom. The molecular weight excluding hydrogens is 284 g/mol. The number of nitrogens with zero attached hydrogens (tertiary/aromatic N) is 1. The first kappa shape index (κ1) is 16.8. The molecule has 6 nitrogen and oxygen atoms in total. The molecule has 1 aromatic carbocycles. The Morgan fingerprint density at radius 1 is 1.38 bits per heavy atom. The van der Waals surface area contributed by atoms with Crippen LogP contribution in [0.4, 0.5) is 20.2 Å². The fourth-order valence-electron chi connectivity index (χ4n) is 1.57. The standard InChI is InChI=1S/C13H17F2N3O3/c1-8(2)7-17-11(19)5-6-16-13-10(18(20)21)4-3-9(14)12(13)15/h3-4,8,16H,5-7H2,1-2H3,(H,17,19). The van der Waals surface area contributed by atoms with Gasteiger partial charge in [-0.15, -0.1) is 0 Å². The van der Waals surface area contributed by atoms with Gasteiger partial charge >= 0.3 is 0 Å². The van der Waals surface area contributed by atoms with Crippen LogP contribution in [0.25, 0.3) is 0 Å². The quantitative estimate of drug-likeness (QED) is 0.598. The summed E-state index contributed by atoms with van der Waals surface area (Å²) in [5, 5.41) is 15.8. The number of amides is 1. The van der Waals surface area contributed by atoms with Crippen molar-refractivity contribution in [2.24, 2.45) is 5.92 Å². The van der Waals surface area contributed by atoms with Crippen molar-refractivity contribution < 1.29 is 18.5 Å². The molecule has 0 aliphatic rings. The fraction of sp³-hybridized carbons (Fsp3) is 0.462.